The van der Waals surface area contributed by atoms with Crippen molar-refractivity contribution in [3.05, 3.63) is 70.1 Å². The van der Waals surface area contributed by atoms with Crippen molar-refractivity contribution in [3.63, 3.8) is 0 Å². The highest BCUT2D eigenvalue weighted by molar-refractivity contribution is 5.85. The van der Waals surface area contributed by atoms with Crippen LogP contribution in [0.1, 0.15) is 11.1 Å². The molecule has 0 radical (unpaired) electrons. The number of aromatic hydroxyl groups is 1. The highest BCUT2D eigenvalue weighted by Crippen LogP contribution is 2.24. The van der Waals surface area contributed by atoms with E-state index in [-0.39, 0.29) is 18.1 Å². The molecular formula is C22H22N2O4. The van der Waals surface area contributed by atoms with Gasteiger partial charge in [-0.3, -0.25) is 4.79 Å². The van der Waals surface area contributed by atoms with E-state index in [2.05, 4.69) is 17.0 Å². The lowest BCUT2D eigenvalue weighted by Crippen LogP contribution is -2.49. The van der Waals surface area contributed by atoms with Crippen LogP contribution in [-0.4, -0.2) is 42.1 Å². The fraction of sp³-hybridized carbons (Fsp3) is 0.273. The summed E-state index contributed by atoms with van der Waals surface area (Å²) in [7, 11) is 0. The minimum absolute atomic E-state index is 0.0241. The van der Waals surface area contributed by atoms with E-state index in [1.54, 1.807) is 17.0 Å². The number of nitrogens with zero attached hydrogens (tertiary/aromatic N) is 2. The standard InChI is InChI=1S/C22H22N2O4/c1-15-18-8-7-17(25)13-20(18)28-22(27)19(15)14-21(26)24-11-9-23(10-12-24)16-5-3-2-4-6-16/h2-8,13,25H,9-12,14H2,1H3. The van der Waals surface area contributed by atoms with E-state index in [1.807, 2.05) is 25.1 Å². The molecule has 1 N–H and O–H groups in total. The summed E-state index contributed by atoms with van der Waals surface area (Å²) in [5.74, 6) is -0.0311. The Morgan fingerprint density at radius 3 is 2.50 bits per heavy atom. The van der Waals surface area contributed by atoms with Gasteiger partial charge in [0.25, 0.3) is 0 Å². The van der Waals surface area contributed by atoms with Gasteiger partial charge in [-0.2, -0.15) is 0 Å². The Balaban J connectivity index is 1.49. The van der Waals surface area contributed by atoms with E-state index in [4.69, 9.17) is 4.42 Å². The van der Waals surface area contributed by atoms with Gasteiger partial charge >= 0.3 is 5.63 Å². The molecule has 0 unspecified atom stereocenters. The highest BCUT2D eigenvalue weighted by Gasteiger charge is 2.23. The van der Waals surface area contributed by atoms with Crippen molar-refractivity contribution >= 4 is 22.6 Å². The van der Waals surface area contributed by atoms with E-state index < -0.39 is 5.63 Å². The molecule has 1 aromatic heterocycles. The molecule has 6 heteroatoms. The van der Waals surface area contributed by atoms with Gasteiger partial charge in [0.1, 0.15) is 11.3 Å². The van der Waals surface area contributed by atoms with Crippen molar-refractivity contribution in [2.45, 2.75) is 13.3 Å². The molecule has 1 amide bonds. The number of rotatable bonds is 3. The first kappa shape index (κ1) is 18.1. The monoisotopic (exact) mass is 378 g/mol. The third kappa shape index (κ3) is 3.45. The van der Waals surface area contributed by atoms with Crippen LogP contribution in [-0.2, 0) is 11.2 Å². The maximum atomic E-state index is 12.8. The van der Waals surface area contributed by atoms with E-state index >= 15 is 0 Å². The fourth-order valence-electron chi connectivity index (χ4n) is 3.70. The summed E-state index contributed by atoms with van der Waals surface area (Å²) < 4.78 is 5.32. The van der Waals surface area contributed by atoms with Gasteiger partial charge in [0, 0.05) is 43.3 Å². The van der Waals surface area contributed by atoms with Crippen LogP contribution in [0, 0.1) is 6.92 Å². The largest absolute Gasteiger partial charge is 0.508 e. The Morgan fingerprint density at radius 1 is 1.07 bits per heavy atom. The molecule has 0 saturated carbocycles. The number of benzene rings is 2. The number of piperazine rings is 1. The van der Waals surface area contributed by atoms with E-state index in [0.717, 1.165) is 29.7 Å². The van der Waals surface area contributed by atoms with Crippen LogP contribution in [0.3, 0.4) is 0 Å². The predicted octanol–water partition coefficient (Wildman–Crippen LogP) is 2.70. The molecule has 2 aromatic carbocycles. The zero-order valence-corrected chi connectivity index (χ0v) is 15.7. The fourth-order valence-corrected chi connectivity index (χ4v) is 3.70. The minimum atomic E-state index is -0.521. The average molecular weight is 378 g/mol. The number of para-hydroxylation sites is 1. The second-order valence-corrected chi connectivity index (χ2v) is 7.05. The van der Waals surface area contributed by atoms with Crippen molar-refractivity contribution in [1.29, 1.82) is 0 Å². The minimum Gasteiger partial charge on any atom is -0.508 e. The number of amides is 1. The lowest BCUT2D eigenvalue weighted by molar-refractivity contribution is -0.130. The van der Waals surface area contributed by atoms with Gasteiger partial charge in [0.05, 0.1) is 12.0 Å². The molecule has 1 saturated heterocycles. The van der Waals surface area contributed by atoms with Crippen molar-refractivity contribution in [3.8, 4) is 5.75 Å². The van der Waals surface area contributed by atoms with E-state index in [1.165, 1.54) is 6.07 Å². The second kappa shape index (κ2) is 7.38. The molecule has 1 aliphatic heterocycles. The molecule has 0 spiro atoms. The Morgan fingerprint density at radius 2 is 1.79 bits per heavy atom. The number of fused-ring (bicyclic) bond motifs is 1. The first-order valence-corrected chi connectivity index (χ1v) is 9.36. The van der Waals surface area contributed by atoms with Crippen molar-refractivity contribution in [2.24, 2.45) is 0 Å². The van der Waals surface area contributed by atoms with Crippen LogP contribution in [0.15, 0.2) is 57.7 Å². The normalized spacial score (nSPS) is 14.5. The molecule has 0 atom stereocenters. The zero-order valence-electron chi connectivity index (χ0n) is 15.7. The Kier molecular flexibility index (Phi) is 4.77. The molecule has 6 nitrogen and oxygen atoms in total. The number of phenolic OH excluding ortho intramolecular Hbond substituents is 1. The SMILES string of the molecule is Cc1c(CC(=O)N2CCN(c3ccccc3)CC2)c(=O)oc2cc(O)ccc12. The second-order valence-electron chi connectivity index (χ2n) is 7.05. The summed E-state index contributed by atoms with van der Waals surface area (Å²) in [6.45, 7) is 4.59. The van der Waals surface area contributed by atoms with Gasteiger partial charge in [-0.25, -0.2) is 4.79 Å². The molecule has 0 aliphatic carbocycles. The quantitative estimate of drug-likeness (QED) is 0.710. The van der Waals surface area contributed by atoms with Crippen molar-refractivity contribution in [1.82, 2.24) is 4.90 Å². The third-order valence-corrected chi connectivity index (χ3v) is 5.35. The molecule has 3 aromatic rings. The maximum absolute atomic E-state index is 12.8. The summed E-state index contributed by atoms with van der Waals surface area (Å²) in [6.07, 6.45) is 0.0241. The number of carbonyl (C=O) groups is 1. The van der Waals surface area contributed by atoms with Gasteiger partial charge in [-0.1, -0.05) is 18.2 Å². The first-order valence-electron chi connectivity index (χ1n) is 9.36. The van der Waals surface area contributed by atoms with Crippen molar-refractivity contribution < 1.29 is 14.3 Å². The number of phenols is 1. The number of hydrogen-bond donors (Lipinski definition) is 1. The van der Waals surface area contributed by atoms with Crippen LogP contribution in [0.4, 0.5) is 5.69 Å². The van der Waals surface area contributed by atoms with E-state index in [9.17, 15) is 14.7 Å². The number of aryl methyl sites for hydroxylation is 1. The molecule has 28 heavy (non-hydrogen) atoms. The molecule has 4 rings (SSSR count). The van der Waals surface area contributed by atoms with Gasteiger partial charge in [-0.05, 0) is 36.8 Å². The molecule has 144 valence electrons. The van der Waals surface area contributed by atoms with Crippen molar-refractivity contribution in [2.75, 3.05) is 31.1 Å². The Hall–Kier alpha value is -3.28. The van der Waals surface area contributed by atoms with Gasteiger partial charge in [-0.15, -0.1) is 0 Å². The summed E-state index contributed by atoms with van der Waals surface area (Å²) in [5.41, 5.74) is 2.07. The van der Waals surface area contributed by atoms with Crippen LogP contribution >= 0.6 is 0 Å². The highest BCUT2D eigenvalue weighted by atomic mass is 16.4. The summed E-state index contributed by atoms with van der Waals surface area (Å²) in [5, 5.41) is 10.3. The third-order valence-electron chi connectivity index (χ3n) is 5.35. The molecule has 2 heterocycles. The Bertz CT molecular complexity index is 1070. The molecule has 0 bridgehead atoms. The zero-order chi connectivity index (χ0) is 19.7. The van der Waals surface area contributed by atoms with E-state index in [0.29, 0.717) is 24.2 Å². The lowest BCUT2D eigenvalue weighted by Gasteiger charge is -2.36. The maximum Gasteiger partial charge on any atom is 0.340 e. The predicted molar refractivity (Wildman–Crippen MR) is 108 cm³/mol. The van der Waals surface area contributed by atoms with Gasteiger partial charge < -0.3 is 19.3 Å². The van der Waals surface area contributed by atoms with Gasteiger partial charge in [0.15, 0.2) is 0 Å². The summed E-state index contributed by atoms with van der Waals surface area (Å²) in [6, 6.07) is 14.8. The molecule has 1 aliphatic rings. The van der Waals surface area contributed by atoms with Gasteiger partial charge in [0.2, 0.25) is 5.91 Å². The summed E-state index contributed by atoms with van der Waals surface area (Å²) >= 11 is 0. The Labute approximate surface area is 162 Å². The van der Waals surface area contributed by atoms with Crippen LogP contribution in [0.2, 0.25) is 0 Å². The van der Waals surface area contributed by atoms with Crippen LogP contribution < -0.4 is 10.5 Å². The first-order chi connectivity index (χ1) is 13.5. The number of hydrogen-bond acceptors (Lipinski definition) is 5. The number of carbonyl (C=O) groups excluding carboxylic acids is 1. The number of anilines is 1. The van der Waals surface area contributed by atoms with Crippen LogP contribution in [0.25, 0.3) is 11.0 Å². The van der Waals surface area contributed by atoms with Crippen LogP contribution in [0.5, 0.6) is 5.75 Å². The molecular weight excluding hydrogens is 356 g/mol. The summed E-state index contributed by atoms with van der Waals surface area (Å²) in [4.78, 5) is 29.2. The smallest absolute Gasteiger partial charge is 0.340 e. The topological polar surface area (TPSA) is 74.0 Å². The lowest BCUT2D eigenvalue weighted by atomic mass is 10.0. The average Bonchev–Trinajstić information content (AvgIpc) is 2.71. The molecule has 1 fully saturated rings.